The van der Waals surface area contributed by atoms with Gasteiger partial charge in [0.1, 0.15) is 0 Å². The second kappa shape index (κ2) is 3.23. The van der Waals surface area contributed by atoms with Gasteiger partial charge < -0.3 is 40.9 Å². The molecule has 0 heterocycles. The zero-order valence-electron chi connectivity index (χ0n) is 9.58. The van der Waals surface area contributed by atoms with Crippen LogP contribution in [0.5, 0.6) is 34.5 Å². The van der Waals surface area contributed by atoms with Gasteiger partial charge in [0.25, 0.3) is 0 Å². The number of phenols is 6. The first kappa shape index (κ1) is 11.9. The first-order valence-corrected chi connectivity index (χ1v) is 5.29. The molecule has 0 atom stereocenters. The van der Waals surface area contributed by atoms with Crippen molar-refractivity contribution in [1.29, 1.82) is 0 Å². The molecule has 0 amide bonds. The molecule has 2 aromatic carbocycles. The van der Waals surface area contributed by atoms with E-state index >= 15 is 0 Å². The van der Waals surface area contributed by atoms with Gasteiger partial charge in [0.2, 0.25) is 11.5 Å². The summed E-state index contributed by atoms with van der Waals surface area (Å²) in [6.07, 6.45) is 0. The smallest absolute Gasteiger partial charge is 0.201 e. The highest BCUT2D eigenvalue weighted by Gasteiger charge is 2.37. The molecule has 0 aromatic heterocycles. The Balaban J connectivity index is 2.75. The predicted molar refractivity (Wildman–Crippen MR) is 66.0 cm³/mol. The first-order valence-electron chi connectivity index (χ1n) is 5.29. The van der Waals surface area contributed by atoms with Crippen molar-refractivity contribution in [1.82, 2.24) is 0 Å². The molecule has 0 bridgehead atoms. The minimum Gasteiger partial charge on any atom is -0.504 e. The Morgan fingerprint density at radius 3 is 1.05 bits per heavy atom. The van der Waals surface area contributed by atoms with Crippen molar-refractivity contribution in [2.24, 2.45) is 0 Å². The number of aromatic hydroxyl groups is 6. The molecule has 104 valence electrons. The lowest BCUT2D eigenvalue weighted by atomic mass is 9.98. The van der Waals surface area contributed by atoms with Crippen molar-refractivity contribution in [2.45, 2.75) is 0 Å². The fourth-order valence-corrected chi connectivity index (χ4v) is 2.36. The molecule has 8 heteroatoms. The fraction of sp³-hybridized carbons (Fsp3) is 0. The van der Waals surface area contributed by atoms with Crippen molar-refractivity contribution in [2.75, 3.05) is 0 Å². The number of rotatable bonds is 0. The van der Waals surface area contributed by atoms with E-state index in [2.05, 4.69) is 0 Å². The van der Waals surface area contributed by atoms with Crippen molar-refractivity contribution < 1.29 is 40.9 Å². The summed E-state index contributed by atoms with van der Waals surface area (Å²) in [7, 11) is 0. The van der Waals surface area contributed by atoms with Crippen molar-refractivity contribution in [3.63, 3.8) is 0 Å². The Bertz CT molecular complexity index is 769. The topological polar surface area (TPSA) is 162 Å². The fourth-order valence-electron chi connectivity index (χ4n) is 2.36. The van der Waals surface area contributed by atoms with Crippen LogP contribution < -0.4 is 0 Å². The summed E-state index contributed by atoms with van der Waals surface area (Å²) in [5, 5.41) is 76.7. The molecule has 3 rings (SSSR count). The van der Waals surface area contributed by atoms with E-state index in [4.69, 9.17) is 0 Å². The largest absolute Gasteiger partial charge is 0.504 e. The van der Waals surface area contributed by atoms with Crippen LogP contribution in [0.25, 0.3) is 22.3 Å². The summed E-state index contributed by atoms with van der Waals surface area (Å²) in [6.45, 7) is 0. The third-order valence-corrected chi connectivity index (χ3v) is 3.29. The van der Waals surface area contributed by atoms with Gasteiger partial charge in [-0.2, -0.15) is 0 Å². The lowest BCUT2D eigenvalue weighted by molar-refractivity contribution is 0.360. The van der Waals surface area contributed by atoms with E-state index in [9.17, 15) is 40.9 Å². The molecule has 2 aromatic rings. The molecule has 20 heavy (non-hydrogen) atoms. The van der Waals surface area contributed by atoms with Crippen LogP contribution in [0.15, 0.2) is 0 Å². The summed E-state index contributed by atoms with van der Waals surface area (Å²) in [5.41, 5.74) is -0.957. The van der Waals surface area contributed by atoms with E-state index in [1.807, 2.05) is 0 Å². The van der Waals surface area contributed by atoms with Crippen molar-refractivity contribution in [3.05, 3.63) is 11.1 Å². The summed E-state index contributed by atoms with van der Waals surface area (Å²) >= 11 is 0. The van der Waals surface area contributed by atoms with Crippen LogP contribution in [0.2, 0.25) is 0 Å². The highest BCUT2D eigenvalue weighted by atomic mass is 16.3. The van der Waals surface area contributed by atoms with Gasteiger partial charge in [-0.05, 0) is 0 Å². The Labute approximate surface area is 110 Å². The van der Waals surface area contributed by atoms with Gasteiger partial charge in [-0.1, -0.05) is 0 Å². The van der Waals surface area contributed by atoms with Gasteiger partial charge >= 0.3 is 0 Å². The average Bonchev–Trinajstić information content (AvgIpc) is 2.66. The number of benzene rings is 2. The quantitative estimate of drug-likeness (QED) is 0.335. The zero-order chi connectivity index (χ0) is 14.9. The van der Waals surface area contributed by atoms with Crippen LogP contribution in [-0.2, 0) is 0 Å². The van der Waals surface area contributed by atoms with Gasteiger partial charge in [0, 0.05) is 5.39 Å². The van der Waals surface area contributed by atoms with Gasteiger partial charge in [-0.25, -0.2) is 0 Å². The molecule has 0 spiro atoms. The van der Waals surface area contributed by atoms with Crippen LogP contribution in [-0.4, -0.2) is 40.9 Å². The summed E-state index contributed by atoms with van der Waals surface area (Å²) < 4.78 is 0. The molecule has 1 aliphatic carbocycles. The van der Waals surface area contributed by atoms with Gasteiger partial charge in [0.05, 0.1) is 16.5 Å². The standard InChI is InChI=1S/C12H8O8/c13-5-2-1-3(6(5)14)8(16)12(20)10(18)4(1)9(17)11(19)7(2)15/h13-20H. The third-order valence-electron chi connectivity index (χ3n) is 3.29. The SMILES string of the molecule is OC1=C(O)c2c(O)c(O)c(O)c3c(O)c(O)c(O)c1c23. The van der Waals surface area contributed by atoms with Crippen LogP contribution in [0, 0.1) is 0 Å². The highest BCUT2D eigenvalue weighted by Crippen LogP contribution is 2.59. The second-order valence-corrected chi connectivity index (χ2v) is 4.29. The second-order valence-electron chi connectivity index (χ2n) is 4.29. The van der Waals surface area contributed by atoms with E-state index in [-0.39, 0.29) is 5.39 Å². The van der Waals surface area contributed by atoms with E-state index in [1.165, 1.54) is 0 Å². The van der Waals surface area contributed by atoms with Crippen LogP contribution in [0.3, 0.4) is 0 Å². The van der Waals surface area contributed by atoms with E-state index in [0.29, 0.717) is 0 Å². The molecule has 8 N–H and O–H groups in total. The minimum atomic E-state index is -1.06. The van der Waals surface area contributed by atoms with E-state index in [0.717, 1.165) is 0 Å². The first-order chi connectivity index (χ1) is 9.29. The highest BCUT2D eigenvalue weighted by molar-refractivity contribution is 6.18. The molecule has 0 aliphatic heterocycles. The Kier molecular flexibility index (Phi) is 1.93. The maximum Gasteiger partial charge on any atom is 0.201 e. The minimum absolute atomic E-state index is 0.305. The maximum atomic E-state index is 9.74. The monoisotopic (exact) mass is 280 g/mol. The predicted octanol–water partition coefficient (Wildman–Crippen LogP) is 1.33. The van der Waals surface area contributed by atoms with Crippen molar-refractivity contribution in [3.8, 4) is 34.5 Å². The number of aliphatic hydroxyl groups excluding tert-OH is 2. The number of hydrogen-bond acceptors (Lipinski definition) is 8. The molecule has 8 nitrogen and oxygen atoms in total. The third kappa shape index (κ3) is 1.02. The molecule has 0 fully saturated rings. The molecule has 0 radical (unpaired) electrons. The summed E-state index contributed by atoms with van der Waals surface area (Å²) in [5.74, 6) is -7.70. The lowest BCUT2D eigenvalue weighted by Gasteiger charge is -2.13. The summed E-state index contributed by atoms with van der Waals surface area (Å²) in [6, 6.07) is 0. The molecule has 0 saturated heterocycles. The van der Waals surface area contributed by atoms with E-state index < -0.39 is 62.5 Å². The molecule has 0 saturated carbocycles. The average molecular weight is 280 g/mol. The van der Waals surface area contributed by atoms with Gasteiger partial charge in [0.15, 0.2) is 34.5 Å². The normalized spacial score (nSPS) is 13.4. The number of aliphatic hydroxyl groups is 2. The Morgan fingerprint density at radius 1 is 0.350 bits per heavy atom. The number of hydrogen-bond donors (Lipinski definition) is 8. The zero-order valence-corrected chi connectivity index (χ0v) is 9.58. The molecule has 1 aliphatic rings. The van der Waals surface area contributed by atoms with Crippen molar-refractivity contribution >= 4 is 22.3 Å². The van der Waals surface area contributed by atoms with Crippen LogP contribution in [0.4, 0.5) is 0 Å². The molecular formula is C12H8O8. The number of phenolic OH excluding ortho intramolecular Hbond substituents is 6. The Morgan fingerprint density at radius 2 is 0.700 bits per heavy atom. The van der Waals surface area contributed by atoms with Gasteiger partial charge in [-0.15, -0.1) is 0 Å². The van der Waals surface area contributed by atoms with Crippen LogP contribution >= 0.6 is 0 Å². The van der Waals surface area contributed by atoms with Crippen LogP contribution in [0.1, 0.15) is 11.1 Å². The van der Waals surface area contributed by atoms with Gasteiger partial charge in [-0.3, -0.25) is 0 Å². The Hall–Kier alpha value is -3.16. The molecule has 0 unspecified atom stereocenters. The lowest BCUT2D eigenvalue weighted by Crippen LogP contribution is -1.88. The van der Waals surface area contributed by atoms with E-state index in [1.54, 1.807) is 0 Å². The molecular weight excluding hydrogens is 272 g/mol. The summed E-state index contributed by atoms with van der Waals surface area (Å²) in [4.78, 5) is 0. The maximum absolute atomic E-state index is 9.74.